The number of hydrogen-bond acceptors (Lipinski definition) is 8. The Morgan fingerprint density at radius 3 is 2.34 bits per heavy atom. The van der Waals surface area contributed by atoms with Crippen molar-refractivity contribution in [3.05, 3.63) is 48.3 Å². The van der Waals surface area contributed by atoms with Gasteiger partial charge in [-0.1, -0.05) is 11.3 Å². The Hall–Kier alpha value is -3.01. The van der Waals surface area contributed by atoms with Crippen molar-refractivity contribution < 1.29 is 14.3 Å². The van der Waals surface area contributed by atoms with Crippen LogP contribution < -0.4 is 14.4 Å². The highest BCUT2D eigenvalue weighted by Gasteiger charge is 2.24. The van der Waals surface area contributed by atoms with Crippen LogP contribution in [0.1, 0.15) is 10.4 Å². The van der Waals surface area contributed by atoms with Crippen LogP contribution in [-0.4, -0.2) is 67.2 Å². The van der Waals surface area contributed by atoms with Gasteiger partial charge in [0.2, 0.25) is 0 Å². The summed E-state index contributed by atoms with van der Waals surface area (Å²) in [6.07, 6.45) is 3.25. The monoisotopic (exact) mass is 473 g/mol. The van der Waals surface area contributed by atoms with Gasteiger partial charge in [-0.25, -0.2) is 4.98 Å². The molecule has 0 N–H and O–H groups in total. The van der Waals surface area contributed by atoms with Gasteiger partial charge in [-0.2, -0.15) is 0 Å². The second-order valence-corrected chi connectivity index (χ2v) is 8.14. The highest BCUT2D eigenvalue weighted by molar-refractivity contribution is 7.22. The number of thiazole rings is 1. The highest BCUT2D eigenvalue weighted by Crippen LogP contribution is 2.40. The molecule has 2 heterocycles. The van der Waals surface area contributed by atoms with Crippen molar-refractivity contribution in [2.45, 2.75) is 0 Å². The Bertz CT molecular complexity index is 1210. The number of nitrogens with zero attached hydrogens (tertiary/aromatic N) is 5. The quantitative estimate of drug-likeness (QED) is 0.402. The lowest BCUT2D eigenvalue weighted by molar-refractivity contribution is 0.0985. The van der Waals surface area contributed by atoms with E-state index in [4.69, 9.17) is 14.5 Å². The molecule has 0 spiro atoms. The third kappa shape index (κ3) is 4.59. The molecule has 0 radical (unpaired) electrons. The highest BCUT2D eigenvalue weighted by atomic mass is 35.5. The van der Waals surface area contributed by atoms with Gasteiger partial charge in [0.15, 0.2) is 5.13 Å². The number of methoxy groups -OCH3 is 2. The SMILES string of the molecule is COc1ccc(OC)c2sc(N(CCN(C)C)C(=O)c3ccc4nccnc4c3)nc12.Cl. The van der Waals surface area contributed by atoms with E-state index in [-0.39, 0.29) is 18.3 Å². The molecule has 1 amide bonds. The molecule has 0 fully saturated rings. The summed E-state index contributed by atoms with van der Waals surface area (Å²) >= 11 is 1.41. The topological polar surface area (TPSA) is 80.7 Å². The maximum absolute atomic E-state index is 13.6. The fourth-order valence-corrected chi connectivity index (χ4v) is 4.32. The summed E-state index contributed by atoms with van der Waals surface area (Å²) < 4.78 is 11.8. The second kappa shape index (κ2) is 10.1. The fraction of sp³-hybridized carbons (Fsp3) is 0.273. The minimum absolute atomic E-state index is 0. The van der Waals surface area contributed by atoms with Gasteiger partial charge in [0.25, 0.3) is 5.91 Å². The molecule has 0 saturated carbocycles. The van der Waals surface area contributed by atoms with Gasteiger partial charge in [0, 0.05) is 31.0 Å². The smallest absolute Gasteiger partial charge is 0.260 e. The molecule has 0 aliphatic carbocycles. The average molecular weight is 474 g/mol. The maximum Gasteiger partial charge on any atom is 0.260 e. The van der Waals surface area contributed by atoms with Gasteiger partial charge in [-0.05, 0) is 44.4 Å². The summed E-state index contributed by atoms with van der Waals surface area (Å²) in [5.41, 5.74) is 2.63. The zero-order valence-corrected chi connectivity index (χ0v) is 19.9. The summed E-state index contributed by atoms with van der Waals surface area (Å²) in [6.45, 7) is 1.16. The first kappa shape index (κ1) is 23.6. The number of rotatable bonds is 7. The number of ether oxygens (including phenoxy) is 2. The number of hydrogen-bond donors (Lipinski definition) is 0. The molecular formula is C22H24ClN5O3S. The average Bonchev–Trinajstić information content (AvgIpc) is 3.23. The Morgan fingerprint density at radius 2 is 1.66 bits per heavy atom. The maximum atomic E-state index is 13.6. The first-order valence-electron chi connectivity index (χ1n) is 9.70. The molecule has 0 unspecified atom stereocenters. The zero-order chi connectivity index (χ0) is 22.0. The number of anilines is 1. The van der Waals surface area contributed by atoms with Crippen LogP contribution in [-0.2, 0) is 0 Å². The number of carbonyl (C=O) groups is 1. The van der Waals surface area contributed by atoms with Gasteiger partial charge in [0.1, 0.15) is 21.7 Å². The first-order valence-corrected chi connectivity index (χ1v) is 10.5. The third-order valence-corrected chi connectivity index (χ3v) is 5.96. The molecule has 0 aliphatic rings. The standard InChI is InChI=1S/C22H23N5O3S.ClH/c1-26(2)11-12-27(21(28)14-5-6-15-16(13-14)24-10-9-23-15)22-25-19-17(29-3)7-8-18(30-4)20(19)31-22;/h5-10,13H,11-12H2,1-4H3;1H. The molecule has 0 atom stereocenters. The van der Waals surface area contributed by atoms with Crippen molar-refractivity contribution in [1.82, 2.24) is 19.9 Å². The second-order valence-electron chi connectivity index (χ2n) is 7.16. The van der Waals surface area contributed by atoms with Crippen LogP contribution in [0.15, 0.2) is 42.7 Å². The van der Waals surface area contributed by atoms with Crippen LogP contribution in [0.5, 0.6) is 11.5 Å². The molecule has 2 aromatic heterocycles. The molecule has 0 bridgehead atoms. The van der Waals surface area contributed by atoms with Gasteiger partial charge in [0.05, 0.1) is 25.3 Å². The summed E-state index contributed by atoms with van der Waals surface area (Å²) in [5, 5.41) is 0.587. The van der Waals surface area contributed by atoms with Crippen LogP contribution in [0.4, 0.5) is 5.13 Å². The molecule has 4 aromatic rings. The van der Waals surface area contributed by atoms with E-state index in [1.807, 2.05) is 37.2 Å². The molecule has 0 aliphatic heterocycles. The molecule has 32 heavy (non-hydrogen) atoms. The minimum Gasteiger partial charge on any atom is -0.495 e. The van der Waals surface area contributed by atoms with E-state index in [9.17, 15) is 4.79 Å². The number of halogens is 1. The number of carbonyl (C=O) groups excluding carboxylic acids is 1. The Labute approximate surface area is 196 Å². The fourth-order valence-electron chi connectivity index (χ4n) is 3.23. The van der Waals surface area contributed by atoms with Gasteiger partial charge >= 0.3 is 0 Å². The first-order chi connectivity index (χ1) is 15.0. The number of amides is 1. The van der Waals surface area contributed by atoms with Crippen molar-refractivity contribution in [2.24, 2.45) is 0 Å². The van der Waals surface area contributed by atoms with Crippen LogP contribution in [0.2, 0.25) is 0 Å². The Kier molecular flexibility index (Phi) is 7.44. The van der Waals surface area contributed by atoms with Crippen LogP contribution >= 0.6 is 23.7 Å². The summed E-state index contributed by atoms with van der Waals surface area (Å²) in [6, 6.07) is 9.01. The number of likely N-dealkylation sites (N-methyl/N-ethyl adjacent to an activating group) is 1. The van der Waals surface area contributed by atoms with Crippen LogP contribution in [0.25, 0.3) is 21.3 Å². The van der Waals surface area contributed by atoms with Crippen molar-refractivity contribution in [1.29, 1.82) is 0 Å². The predicted octanol–water partition coefficient (Wildman–Crippen LogP) is 3.89. The lowest BCUT2D eigenvalue weighted by atomic mass is 10.1. The van der Waals surface area contributed by atoms with E-state index in [0.717, 1.165) is 10.2 Å². The van der Waals surface area contributed by atoms with E-state index in [1.54, 1.807) is 43.6 Å². The van der Waals surface area contributed by atoms with Crippen molar-refractivity contribution in [2.75, 3.05) is 46.3 Å². The van der Waals surface area contributed by atoms with Crippen molar-refractivity contribution in [3.8, 4) is 11.5 Å². The van der Waals surface area contributed by atoms with Crippen LogP contribution in [0, 0.1) is 0 Å². The molecule has 10 heteroatoms. The van der Waals surface area contributed by atoms with Crippen LogP contribution in [0.3, 0.4) is 0 Å². The zero-order valence-electron chi connectivity index (χ0n) is 18.2. The van der Waals surface area contributed by atoms with Crippen molar-refractivity contribution >= 4 is 56.0 Å². The Balaban J connectivity index is 0.00000289. The molecule has 0 saturated heterocycles. The van der Waals surface area contributed by atoms with E-state index in [2.05, 4.69) is 9.97 Å². The van der Waals surface area contributed by atoms with E-state index in [1.165, 1.54) is 11.3 Å². The largest absolute Gasteiger partial charge is 0.495 e. The summed E-state index contributed by atoms with van der Waals surface area (Å²) in [7, 11) is 7.16. The normalized spacial score (nSPS) is 10.9. The molecule has 4 rings (SSSR count). The molecule has 2 aromatic carbocycles. The number of fused-ring (bicyclic) bond motifs is 2. The van der Waals surface area contributed by atoms with Gasteiger partial charge < -0.3 is 14.4 Å². The predicted molar refractivity (Wildman–Crippen MR) is 130 cm³/mol. The number of aromatic nitrogens is 3. The molecule has 168 valence electrons. The molecule has 8 nitrogen and oxygen atoms in total. The summed E-state index contributed by atoms with van der Waals surface area (Å²) in [5.74, 6) is 1.19. The van der Waals surface area contributed by atoms with E-state index >= 15 is 0 Å². The van der Waals surface area contributed by atoms with E-state index < -0.39 is 0 Å². The lowest BCUT2D eigenvalue weighted by Crippen LogP contribution is -2.36. The molecular weight excluding hydrogens is 450 g/mol. The van der Waals surface area contributed by atoms with Crippen molar-refractivity contribution in [3.63, 3.8) is 0 Å². The lowest BCUT2D eigenvalue weighted by Gasteiger charge is -2.22. The van der Waals surface area contributed by atoms with E-state index in [0.29, 0.717) is 46.3 Å². The summed E-state index contributed by atoms with van der Waals surface area (Å²) in [4.78, 5) is 30.6. The van der Waals surface area contributed by atoms with Gasteiger partial charge in [-0.3, -0.25) is 19.7 Å². The number of benzene rings is 2. The Morgan fingerprint density at radius 1 is 0.969 bits per heavy atom. The third-order valence-electron chi connectivity index (χ3n) is 4.86. The van der Waals surface area contributed by atoms with Gasteiger partial charge in [-0.15, -0.1) is 12.4 Å². The minimum atomic E-state index is -0.147.